The molecule has 3 heterocycles. The number of nitrogens with one attached hydrogen (secondary N) is 1. The molecule has 1 amide bonds. The molecule has 3 rings (SSSR count). The van der Waals surface area contributed by atoms with Crippen LogP contribution in [0.4, 0.5) is 4.79 Å². The van der Waals surface area contributed by atoms with E-state index in [-0.39, 0.29) is 31.0 Å². The van der Waals surface area contributed by atoms with Crippen LogP contribution in [-0.2, 0) is 23.8 Å². The number of amides is 1. The fourth-order valence-electron chi connectivity index (χ4n) is 4.41. The largest absolute Gasteiger partial charge is 0.460 e. The Morgan fingerprint density at radius 2 is 1.48 bits per heavy atom. The summed E-state index contributed by atoms with van der Waals surface area (Å²) in [6.07, 6.45) is 3.11. The van der Waals surface area contributed by atoms with Gasteiger partial charge in [0, 0.05) is 39.3 Å². The van der Waals surface area contributed by atoms with Crippen molar-refractivity contribution in [3.05, 3.63) is 0 Å². The van der Waals surface area contributed by atoms with E-state index in [1.54, 1.807) is 4.90 Å². The van der Waals surface area contributed by atoms with Gasteiger partial charge < -0.3 is 24.4 Å². The maximum absolute atomic E-state index is 12.3. The van der Waals surface area contributed by atoms with Crippen molar-refractivity contribution in [2.75, 3.05) is 59.0 Å². The molecule has 0 atom stereocenters. The van der Waals surface area contributed by atoms with Crippen LogP contribution in [0.5, 0.6) is 0 Å². The summed E-state index contributed by atoms with van der Waals surface area (Å²) in [7, 11) is 0. The van der Waals surface area contributed by atoms with E-state index >= 15 is 0 Å². The summed E-state index contributed by atoms with van der Waals surface area (Å²) in [5.41, 5.74) is -0.458. The van der Waals surface area contributed by atoms with Gasteiger partial charge in [0.1, 0.15) is 5.60 Å². The van der Waals surface area contributed by atoms with Gasteiger partial charge in [-0.3, -0.25) is 9.59 Å². The lowest BCUT2D eigenvalue weighted by atomic mass is 9.97. The van der Waals surface area contributed by atoms with Crippen LogP contribution in [0.2, 0.25) is 0 Å². The molecule has 0 aromatic carbocycles. The zero-order valence-corrected chi connectivity index (χ0v) is 20.3. The van der Waals surface area contributed by atoms with E-state index in [0.29, 0.717) is 26.2 Å². The molecule has 0 spiro atoms. The van der Waals surface area contributed by atoms with Crippen LogP contribution in [0.25, 0.3) is 0 Å². The lowest BCUT2D eigenvalue weighted by Gasteiger charge is -2.43. The van der Waals surface area contributed by atoms with Crippen LogP contribution in [0, 0.1) is 5.92 Å². The third-order valence-electron chi connectivity index (χ3n) is 6.27. The van der Waals surface area contributed by atoms with Gasteiger partial charge in [0.05, 0.1) is 25.0 Å². The number of piperazine rings is 1. The second kappa shape index (κ2) is 12.1. The molecule has 3 saturated heterocycles. The molecule has 0 radical (unpaired) electrons. The van der Waals surface area contributed by atoms with Gasteiger partial charge >= 0.3 is 18.0 Å². The zero-order chi connectivity index (χ0) is 23.8. The van der Waals surface area contributed by atoms with Crippen LogP contribution >= 0.6 is 0 Å². The highest BCUT2D eigenvalue weighted by Gasteiger charge is 2.33. The Morgan fingerprint density at radius 3 is 2.09 bits per heavy atom. The Labute approximate surface area is 196 Å². The van der Waals surface area contributed by atoms with Crippen LogP contribution in [0.15, 0.2) is 0 Å². The van der Waals surface area contributed by atoms with Crippen molar-refractivity contribution in [2.45, 2.75) is 64.6 Å². The first kappa shape index (κ1) is 25.9. The van der Waals surface area contributed by atoms with Gasteiger partial charge in [-0.15, -0.1) is 0 Å². The quantitative estimate of drug-likeness (QED) is 0.458. The van der Waals surface area contributed by atoms with E-state index in [9.17, 15) is 14.4 Å². The Bertz CT molecular complexity index is 660. The molecule has 33 heavy (non-hydrogen) atoms. The molecule has 3 aliphatic heterocycles. The van der Waals surface area contributed by atoms with Crippen LogP contribution < -0.4 is 5.32 Å². The van der Waals surface area contributed by atoms with Crippen molar-refractivity contribution in [1.82, 2.24) is 20.2 Å². The van der Waals surface area contributed by atoms with Gasteiger partial charge in [-0.1, -0.05) is 0 Å². The van der Waals surface area contributed by atoms with Gasteiger partial charge in [0.2, 0.25) is 0 Å². The normalized spacial score (nSPS) is 22.2. The summed E-state index contributed by atoms with van der Waals surface area (Å²) >= 11 is 0. The summed E-state index contributed by atoms with van der Waals surface area (Å²) in [5, 5.41) is 7.75. The molecular formula is C23H40N4O6. The number of rotatable bonds is 6. The number of hydrogen-bond acceptors (Lipinski definition) is 9. The van der Waals surface area contributed by atoms with Gasteiger partial charge in [-0.05, 0) is 59.5 Å². The Balaban J connectivity index is 1.30. The number of ether oxygens (including phenoxy) is 3. The van der Waals surface area contributed by atoms with Crippen molar-refractivity contribution >= 4 is 18.0 Å². The molecule has 0 bridgehead atoms. The Kier molecular flexibility index (Phi) is 9.48. The molecular weight excluding hydrogens is 428 g/mol. The molecule has 10 heteroatoms. The highest BCUT2D eigenvalue weighted by atomic mass is 16.6. The Morgan fingerprint density at radius 1 is 0.879 bits per heavy atom. The minimum atomic E-state index is -0.579. The van der Waals surface area contributed by atoms with Gasteiger partial charge in [0.25, 0.3) is 0 Å². The molecule has 0 saturated carbocycles. The molecule has 0 aliphatic carbocycles. The number of hydrogen-bond donors (Lipinski definition) is 1. The second-order valence-electron chi connectivity index (χ2n) is 10.0. The molecule has 0 unspecified atom stereocenters. The number of nitrogens with zero attached hydrogens (tertiary/aromatic N) is 3. The standard InChI is InChI=1S/C23H40N4O6/c1-23(2,3)33-21(29)18-6-11-26(12-7-18)27-15-13-25(14-16-27)22(30)32-20(28)8-17-31-19-4-9-24-10-5-19/h18-19,24H,4-17H2,1-3H3. The first-order chi connectivity index (χ1) is 15.7. The lowest BCUT2D eigenvalue weighted by molar-refractivity contribution is -0.164. The van der Waals surface area contributed by atoms with Gasteiger partial charge in [0.15, 0.2) is 0 Å². The molecule has 0 aromatic rings. The summed E-state index contributed by atoms with van der Waals surface area (Å²) in [5.74, 6) is -0.706. The maximum Gasteiger partial charge on any atom is 0.417 e. The fourth-order valence-corrected chi connectivity index (χ4v) is 4.41. The fraction of sp³-hybridized carbons (Fsp3) is 0.870. The van der Waals surface area contributed by atoms with Gasteiger partial charge in [-0.25, -0.2) is 14.8 Å². The minimum Gasteiger partial charge on any atom is -0.460 e. The highest BCUT2D eigenvalue weighted by Crippen LogP contribution is 2.23. The van der Waals surface area contributed by atoms with Crippen molar-refractivity contribution in [2.24, 2.45) is 5.92 Å². The predicted molar refractivity (Wildman–Crippen MR) is 121 cm³/mol. The summed E-state index contributed by atoms with van der Waals surface area (Å²) in [6, 6.07) is 0. The van der Waals surface area contributed by atoms with Crippen molar-refractivity contribution < 1.29 is 28.6 Å². The molecule has 3 fully saturated rings. The molecule has 188 valence electrons. The number of piperidine rings is 2. The zero-order valence-electron chi connectivity index (χ0n) is 20.3. The summed E-state index contributed by atoms with van der Waals surface area (Å²) in [6.45, 7) is 11.8. The molecule has 1 N–H and O–H groups in total. The average molecular weight is 469 g/mol. The Hall–Kier alpha value is -1.75. The smallest absolute Gasteiger partial charge is 0.417 e. The molecule has 10 nitrogen and oxygen atoms in total. The summed E-state index contributed by atoms with van der Waals surface area (Å²) in [4.78, 5) is 38.2. The van der Waals surface area contributed by atoms with E-state index in [4.69, 9.17) is 14.2 Å². The highest BCUT2D eigenvalue weighted by molar-refractivity contribution is 5.84. The van der Waals surface area contributed by atoms with E-state index in [1.807, 2.05) is 20.8 Å². The maximum atomic E-state index is 12.3. The van der Waals surface area contributed by atoms with Gasteiger partial charge in [-0.2, -0.15) is 0 Å². The van der Waals surface area contributed by atoms with Crippen molar-refractivity contribution in [3.63, 3.8) is 0 Å². The number of esters is 2. The third kappa shape index (κ3) is 8.51. The summed E-state index contributed by atoms with van der Waals surface area (Å²) < 4.78 is 16.2. The lowest BCUT2D eigenvalue weighted by Crippen LogP contribution is -2.57. The first-order valence-corrected chi connectivity index (χ1v) is 12.3. The molecule has 0 aromatic heterocycles. The van der Waals surface area contributed by atoms with Crippen molar-refractivity contribution in [3.8, 4) is 0 Å². The average Bonchev–Trinajstić information content (AvgIpc) is 2.79. The van der Waals surface area contributed by atoms with E-state index < -0.39 is 17.7 Å². The van der Waals surface area contributed by atoms with E-state index in [2.05, 4.69) is 15.3 Å². The number of carbonyl (C=O) groups is 3. The second-order valence-corrected chi connectivity index (χ2v) is 10.0. The topological polar surface area (TPSA) is 101 Å². The minimum absolute atomic E-state index is 0.0542. The third-order valence-corrected chi connectivity index (χ3v) is 6.27. The number of carbonyl (C=O) groups excluding carboxylic acids is 3. The molecule has 3 aliphatic rings. The van der Waals surface area contributed by atoms with Crippen LogP contribution in [-0.4, -0.2) is 104 Å². The van der Waals surface area contributed by atoms with E-state index in [1.165, 1.54) is 0 Å². The monoisotopic (exact) mass is 468 g/mol. The first-order valence-electron chi connectivity index (χ1n) is 12.3. The van der Waals surface area contributed by atoms with Crippen molar-refractivity contribution in [1.29, 1.82) is 0 Å². The van der Waals surface area contributed by atoms with E-state index in [0.717, 1.165) is 51.9 Å². The SMILES string of the molecule is CC(C)(C)OC(=O)C1CCN(N2CCN(C(=O)OC(=O)CCOC3CCNCC3)CC2)CC1. The predicted octanol–water partition coefficient (Wildman–Crippen LogP) is 1.39. The van der Waals surface area contributed by atoms with Crippen LogP contribution in [0.3, 0.4) is 0 Å². The van der Waals surface area contributed by atoms with Crippen LogP contribution in [0.1, 0.15) is 52.9 Å². The number of hydrazine groups is 1.